The molecule has 13 heteroatoms. The average molecular weight is 570 g/mol. The normalized spacial score (nSPS) is 10.9. The first-order chi connectivity index (χ1) is 16.8. The maximum atomic E-state index is 14.0. The van der Waals surface area contributed by atoms with Crippen LogP contribution in [0.1, 0.15) is 0 Å². The molecule has 0 saturated carbocycles. The highest BCUT2D eigenvalue weighted by atomic mass is 35.5. The topological polar surface area (TPSA) is 129 Å². The lowest BCUT2D eigenvalue weighted by Gasteiger charge is -2.26. The van der Waals surface area contributed by atoms with Crippen LogP contribution >= 0.6 is 24.8 Å². The lowest BCUT2D eigenvalue weighted by Crippen LogP contribution is -2.40. The van der Waals surface area contributed by atoms with Crippen LogP contribution in [0.4, 0.5) is 5.69 Å². The van der Waals surface area contributed by atoms with Crippen LogP contribution in [0.3, 0.4) is 0 Å². The van der Waals surface area contributed by atoms with Crippen molar-refractivity contribution in [3.63, 3.8) is 0 Å². The van der Waals surface area contributed by atoms with Gasteiger partial charge >= 0.3 is 0 Å². The number of para-hydroxylation sites is 1. The molecule has 0 spiro atoms. The summed E-state index contributed by atoms with van der Waals surface area (Å²) in [6, 6.07) is 16.0. The van der Waals surface area contributed by atoms with Crippen molar-refractivity contribution in [2.75, 3.05) is 38.2 Å². The van der Waals surface area contributed by atoms with E-state index in [0.717, 1.165) is 21.8 Å². The molecule has 3 N–H and O–H groups in total. The second-order valence-corrected chi connectivity index (χ2v) is 9.63. The minimum Gasteiger partial charge on any atom is -0.481 e. The number of sulfonamides is 1. The summed E-state index contributed by atoms with van der Waals surface area (Å²) < 4.78 is 41.6. The Hall–Kier alpha value is -3.25. The minimum absolute atomic E-state index is 0. The predicted octanol–water partition coefficient (Wildman–Crippen LogP) is 2.86. The minimum atomic E-state index is -4.08. The van der Waals surface area contributed by atoms with Gasteiger partial charge in [-0.25, -0.2) is 8.42 Å². The van der Waals surface area contributed by atoms with Crippen LogP contribution < -0.4 is 24.8 Å². The number of nitrogens with two attached hydrogens (primary N) is 1. The molecule has 0 aliphatic carbocycles. The van der Waals surface area contributed by atoms with Crippen molar-refractivity contribution < 1.29 is 22.7 Å². The number of aryl methyl sites for hydroxylation is 1. The number of fused-ring (bicyclic) bond motifs is 3. The Kier molecular flexibility index (Phi) is 9.99. The highest BCUT2D eigenvalue weighted by Gasteiger charge is 2.29. The van der Waals surface area contributed by atoms with Crippen molar-refractivity contribution in [1.82, 2.24) is 14.9 Å². The zero-order chi connectivity index (χ0) is 25.2. The molecule has 0 atom stereocenters. The lowest BCUT2D eigenvalue weighted by atomic mass is 10.1. The Balaban J connectivity index is 0.00000241. The summed E-state index contributed by atoms with van der Waals surface area (Å²) in [4.78, 5) is 16.0. The fourth-order valence-electron chi connectivity index (χ4n) is 4.04. The van der Waals surface area contributed by atoms with E-state index in [4.69, 9.17) is 15.2 Å². The third kappa shape index (κ3) is 5.69. The van der Waals surface area contributed by atoms with E-state index >= 15 is 0 Å². The van der Waals surface area contributed by atoms with E-state index in [1.165, 1.54) is 18.5 Å². The van der Waals surface area contributed by atoms with Crippen LogP contribution in [0.25, 0.3) is 21.8 Å². The van der Waals surface area contributed by atoms with Crippen LogP contribution in [0.15, 0.2) is 59.5 Å². The lowest BCUT2D eigenvalue weighted by molar-refractivity contribution is -0.119. The number of rotatable bonds is 9. The zero-order valence-electron chi connectivity index (χ0n) is 20.5. The molecular formula is C24H29Cl2N5O5S. The number of ether oxygens (including phenoxy) is 2. The van der Waals surface area contributed by atoms with Gasteiger partial charge in [-0.3, -0.25) is 9.10 Å². The van der Waals surface area contributed by atoms with E-state index in [2.05, 4.69) is 10.3 Å². The molecule has 0 radical (unpaired) electrons. The molecule has 0 bridgehead atoms. The number of carbonyl (C=O) groups excluding carboxylic acids is 1. The van der Waals surface area contributed by atoms with Gasteiger partial charge in [0.25, 0.3) is 10.0 Å². The summed E-state index contributed by atoms with van der Waals surface area (Å²) in [5.41, 5.74) is 7.49. The molecule has 4 aromatic rings. The summed E-state index contributed by atoms with van der Waals surface area (Å²) >= 11 is 0. The van der Waals surface area contributed by atoms with E-state index in [1.807, 2.05) is 35.9 Å². The third-order valence-electron chi connectivity index (χ3n) is 5.78. The first kappa shape index (κ1) is 30.0. The summed E-state index contributed by atoms with van der Waals surface area (Å²) in [5, 5.41) is 4.39. The number of aromatic nitrogens is 2. The summed E-state index contributed by atoms with van der Waals surface area (Å²) in [6.07, 6.45) is 0. The van der Waals surface area contributed by atoms with E-state index in [-0.39, 0.29) is 72.7 Å². The number of benzene rings is 2. The number of halogens is 2. The van der Waals surface area contributed by atoms with Gasteiger partial charge < -0.3 is 25.1 Å². The quantitative estimate of drug-likeness (QED) is 0.317. The van der Waals surface area contributed by atoms with E-state index < -0.39 is 10.0 Å². The molecule has 4 rings (SSSR count). The van der Waals surface area contributed by atoms with Crippen LogP contribution in [-0.4, -0.2) is 57.7 Å². The highest BCUT2D eigenvalue weighted by molar-refractivity contribution is 7.92. The van der Waals surface area contributed by atoms with Gasteiger partial charge in [-0.15, -0.1) is 24.8 Å². The number of pyridine rings is 1. The number of methoxy groups -OCH3 is 2. The van der Waals surface area contributed by atoms with Crippen LogP contribution in [-0.2, 0) is 21.9 Å². The number of amides is 1. The molecule has 2 heterocycles. The molecule has 0 saturated heterocycles. The number of hydrogen-bond donors (Lipinski definition) is 2. The monoisotopic (exact) mass is 569 g/mol. The largest absolute Gasteiger partial charge is 0.481 e. The maximum absolute atomic E-state index is 14.0. The van der Waals surface area contributed by atoms with Gasteiger partial charge in [0, 0.05) is 41.5 Å². The number of nitrogens with one attached hydrogen (secondary N) is 1. The average Bonchev–Trinajstić information content (AvgIpc) is 3.17. The van der Waals surface area contributed by atoms with Gasteiger partial charge in [0.15, 0.2) is 0 Å². The van der Waals surface area contributed by atoms with Crippen molar-refractivity contribution in [3.8, 4) is 11.8 Å². The molecule has 1 amide bonds. The third-order valence-corrected chi connectivity index (χ3v) is 7.59. The summed E-state index contributed by atoms with van der Waals surface area (Å²) in [6.45, 7) is -0.217. The Morgan fingerprint density at radius 3 is 2.41 bits per heavy atom. The summed E-state index contributed by atoms with van der Waals surface area (Å²) in [5.74, 6) is -0.0415. The molecule has 37 heavy (non-hydrogen) atoms. The predicted molar refractivity (Wildman–Crippen MR) is 149 cm³/mol. The van der Waals surface area contributed by atoms with Crippen molar-refractivity contribution in [1.29, 1.82) is 0 Å². The SMILES string of the molecule is COc1ccc(N(CCNC(=O)CN)S(=O)(=O)c2ccc3c(c2)c2ccccc2n3C)c(OC)n1.Cl.Cl. The number of anilines is 1. The second-order valence-electron chi connectivity index (χ2n) is 7.77. The first-order valence-electron chi connectivity index (χ1n) is 10.9. The zero-order valence-corrected chi connectivity index (χ0v) is 23.0. The fourth-order valence-corrected chi connectivity index (χ4v) is 5.53. The molecular weight excluding hydrogens is 541 g/mol. The van der Waals surface area contributed by atoms with Gasteiger partial charge in [0.05, 0.1) is 32.2 Å². The highest BCUT2D eigenvalue weighted by Crippen LogP contribution is 2.35. The van der Waals surface area contributed by atoms with E-state index in [1.54, 1.807) is 30.3 Å². The van der Waals surface area contributed by atoms with Gasteiger partial charge in [-0.1, -0.05) is 18.2 Å². The molecule has 200 valence electrons. The van der Waals surface area contributed by atoms with Crippen molar-refractivity contribution in [2.24, 2.45) is 12.8 Å². The van der Waals surface area contributed by atoms with Gasteiger partial charge in [-0.05, 0) is 30.3 Å². The van der Waals surface area contributed by atoms with Crippen LogP contribution in [0, 0.1) is 0 Å². The Morgan fingerprint density at radius 2 is 1.73 bits per heavy atom. The number of nitrogens with zero attached hydrogens (tertiary/aromatic N) is 3. The van der Waals surface area contributed by atoms with Crippen molar-refractivity contribution in [2.45, 2.75) is 4.90 Å². The Morgan fingerprint density at radius 1 is 1.03 bits per heavy atom. The fraction of sp³-hybridized carbons (Fsp3) is 0.250. The molecule has 2 aromatic heterocycles. The van der Waals surface area contributed by atoms with E-state index in [0.29, 0.717) is 0 Å². The molecule has 10 nitrogen and oxygen atoms in total. The number of hydrogen-bond acceptors (Lipinski definition) is 7. The van der Waals surface area contributed by atoms with Gasteiger partial charge in [-0.2, -0.15) is 4.98 Å². The molecule has 2 aromatic carbocycles. The Labute approximate surface area is 227 Å². The van der Waals surface area contributed by atoms with Crippen LogP contribution in [0.5, 0.6) is 11.8 Å². The summed E-state index contributed by atoms with van der Waals surface area (Å²) in [7, 11) is 0.716. The van der Waals surface area contributed by atoms with Crippen molar-refractivity contribution in [3.05, 3.63) is 54.6 Å². The first-order valence-corrected chi connectivity index (χ1v) is 12.3. The smallest absolute Gasteiger partial charge is 0.264 e. The van der Waals surface area contributed by atoms with E-state index in [9.17, 15) is 13.2 Å². The van der Waals surface area contributed by atoms with Crippen molar-refractivity contribution >= 4 is 68.2 Å². The van der Waals surface area contributed by atoms with Gasteiger partial charge in [0.1, 0.15) is 5.69 Å². The number of carbonyl (C=O) groups is 1. The standard InChI is InChI=1S/C24H27N5O5S.2ClH/c1-28-19-7-5-4-6-17(19)18-14-16(8-9-20(18)28)35(31,32)29(13-12-26-22(30)15-25)21-10-11-23(33-2)27-24(21)34-3;;/h4-11,14H,12-13,15,25H2,1-3H3,(H,26,30);2*1H. The second kappa shape index (κ2) is 12.3. The Bertz CT molecular complexity index is 1510. The molecule has 0 unspecified atom stereocenters. The molecule has 0 aliphatic rings. The maximum Gasteiger partial charge on any atom is 0.264 e. The molecule has 0 aliphatic heterocycles. The van der Waals surface area contributed by atoms with Crippen LogP contribution in [0.2, 0.25) is 0 Å². The molecule has 0 fully saturated rings. The van der Waals surface area contributed by atoms with Gasteiger partial charge in [0.2, 0.25) is 17.7 Å².